The summed E-state index contributed by atoms with van der Waals surface area (Å²) in [5, 5.41) is 13.4. The van der Waals surface area contributed by atoms with E-state index in [1.807, 2.05) is 24.3 Å². The van der Waals surface area contributed by atoms with Gasteiger partial charge in [-0.15, -0.1) is 0 Å². The number of hydrogen-bond acceptors (Lipinski definition) is 11. The molecule has 0 radical (unpaired) electrons. The maximum Gasteiger partial charge on any atom is 0.422 e. The summed E-state index contributed by atoms with van der Waals surface area (Å²) in [5.74, 6) is -3.72. The highest BCUT2D eigenvalue weighted by atomic mass is 19.4. The Balaban J connectivity index is 1.11. The Morgan fingerprint density at radius 1 is 1.06 bits per heavy atom. The molecule has 53 heavy (non-hydrogen) atoms. The number of nitrogens with one attached hydrogen (secondary N) is 1. The molecule has 13 nitrogen and oxygen atoms in total. The van der Waals surface area contributed by atoms with E-state index in [0.29, 0.717) is 36.8 Å². The molecule has 2 bridgehead atoms. The number of carbonyl (C=O) groups is 4. The zero-order valence-electron chi connectivity index (χ0n) is 28.5. The molecule has 6 aliphatic rings. The lowest BCUT2D eigenvalue weighted by Gasteiger charge is -2.50. The topological polar surface area (TPSA) is 153 Å². The fraction of sp³-hybridized carbons (Fsp3) is 0.514. The quantitative estimate of drug-likeness (QED) is 0.287. The third-order valence-corrected chi connectivity index (χ3v) is 11.0. The average molecular weight is 742 g/mol. The summed E-state index contributed by atoms with van der Waals surface area (Å²) >= 11 is 0. The molecule has 2 aliphatic carbocycles. The van der Waals surface area contributed by atoms with E-state index in [2.05, 4.69) is 10.1 Å². The molecular formula is C37H38F3N3O10. The van der Waals surface area contributed by atoms with Crippen molar-refractivity contribution in [2.24, 2.45) is 5.41 Å². The number of hydroxylamine groups is 2. The number of halogens is 3. The van der Waals surface area contributed by atoms with E-state index in [9.17, 15) is 32.7 Å². The lowest BCUT2D eigenvalue weighted by Crippen LogP contribution is -2.70. The van der Waals surface area contributed by atoms with Crippen molar-refractivity contribution in [1.29, 1.82) is 0 Å². The molecule has 16 heteroatoms. The second-order valence-corrected chi connectivity index (χ2v) is 14.4. The normalized spacial score (nSPS) is 31.1. The standard InChI is InChI=1S/C37H38F3N3O10/c38-37(39,40)20-49-27(45)11-10-21-5-3-6-22(15-21)19-43-30-33(47)50-26-18-36(30,34(48)42-13-4-9-25(42)32(46)41-12-14-44)31(53-43)29-28(26)51-35(52-29)16-23-7-1-2-8-24(23)17-35/h1-3,5-8,10-11,15,25-26,28-31,44H,4,9,12-14,16-20H2,(H,41,46). The molecule has 5 fully saturated rings. The van der Waals surface area contributed by atoms with Gasteiger partial charge in [0.2, 0.25) is 11.8 Å². The van der Waals surface area contributed by atoms with Crippen LogP contribution < -0.4 is 5.32 Å². The average Bonchev–Trinajstić information content (AvgIpc) is 3.91. The molecule has 2 aromatic carbocycles. The van der Waals surface area contributed by atoms with Gasteiger partial charge in [-0.3, -0.25) is 19.2 Å². The van der Waals surface area contributed by atoms with Crippen molar-refractivity contribution in [2.45, 2.75) is 87.1 Å². The van der Waals surface area contributed by atoms with Crippen LogP contribution in [0.5, 0.6) is 0 Å². The summed E-state index contributed by atoms with van der Waals surface area (Å²) in [6.07, 6.45) is -3.87. The maximum absolute atomic E-state index is 15.1. The smallest absolute Gasteiger partial charge is 0.422 e. The molecule has 2 N–H and O–H groups in total. The van der Waals surface area contributed by atoms with Crippen LogP contribution in [0.4, 0.5) is 13.2 Å². The van der Waals surface area contributed by atoms with Crippen LogP contribution in [0.25, 0.3) is 6.08 Å². The Labute approximate surface area is 301 Å². The second-order valence-electron chi connectivity index (χ2n) is 14.4. The van der Waals surface area contributed by atoms with Gasteiger partial charge in [-0.2, -0.15) is 18.2 Å². The zero-order valence-corrected chi connectivity index (χ0v) is 28.5. The Hall–Kier alpha value is -4.35. The minimum Gasteiger partial charge on any atom is -0.458 e. The molecule has 7 atom stereocenters. The van der Waals surface area contributed by atoms with Gasteiger partial charge in [-0.25, -0.2) is 4.79 Å². The molecule has 1 spiro atoms. The number of alkyl halides is 3. The first-order valence-corrected chi connectivity index (χ1v) is 17.7. The SMILES string of the molecule is O=C(C=Cc1cccc(CN2OC3C4OC5(Cc6ccccc6C5)OC4C4CC3(C(=O)N3CCCC3C(=O)NCCO)C2C(=O)O4)c1)OCC(F)(F)F. The second kappa shape index (κ2) is 13.5. The van der Waals surface area contributed by atoms with Crippen molar-refractivity contribution < 1.29 is 61.2 Å². The minimum absolute atomic E-state index is 0.0224. The monoisotopic (exact) mass is 741 g/mol. The predicted molar refractivity (Wildman–Crippen MR) is 175 cm³/mol. The van der Waals surface area contributed by atoms with E-state index in [1.54, 1.807) is 24.3 Å². The van der Waals surface area contributed by atoms with Crippen molar-refractivity contribution >= 4 is 29.8 Å². The summed E-state index contributed by atoms with van der Waals surface area (Å²) in [6.45, 7) is -1.69. The molecule has 282 valence electrons. The Morgan fingerprint density at radius 3 is 2.55 bits per heavy atom. The number of hydrogen-bond donors (Lipinski definition) is 2. The van der Waals surface area contributed by atoms with Gasteiger partial charge in [0.05, 0.1) is 13.2 Å². The fourth-order valence-electron chi connectivity index (χ4n) is 8.93. The van der Waals surface area contributed by atoms with Gasteiger partial charge in [0.15, 0.2) is 18.4 Å². The number of ether oxygens (including phenoxy) is 4. The number of nitrogens with zero attached hydrogens (tertiary/aromatic N) is 2. The van der Waals surface area contributed by atoms with Gasteiger partial charge in [-0.1, -0.05) is 48.5 Å². The Bertz CT molecular complexity index is 1810. The number of rotatable bonds is 9. The molecule has 7 unspecified atom stereocenters. The third-order valence-electron chi connectivity index (χ3n) is 11.0. The van der Waals surface area contributed by atoms with E-state index >= 15 is 4.79 Å². The number of esters is 2. The van der Waals surface area contributed by atoms with Crippen LogP contribution in [0.3, 0.4) is 0 Å². The Morgan fingerprint density at radius 2 is 1.81 bits per heavy atom. The van der Waals surface area contributed by atoms with Gasteiger partial charge in [0.25, 0.3) is 0 Å². The first kappa shape index (κ1) is 35.7. The van der Waals surface area contributed by atoms with Gasteiger partial charge in [0, 0.05) is 38.4 Å². The molecule has 2 aromatic rings. The van der Waals surface area contributed by atoms with Crippen LogP contribution >= 0.6 is 0 Å². The number of aliphatic hydroxyl groups is 1. The van der Waals surface area contributed by atoms with Crippen LogP contribution in [0.15, 0.2) is 54.6 Å². The summed E-state index contributed by atoms with van der Waals surface area (Å²) in [7, 11) is 0. The predicted octanol–water partition coefficient (Wildman–Crippen LogP) is 1.98. The van der Waals surface area contributed by atoms with Crippen molar-refractivity contribution in [3.8, 4) is 0 Å². The number of amides is 2. The lowest BCUT2D eigenvalue weighted by atomic mass is 9.62. The van der Waals surface area contributed by atoms with E-state index in [1.165, 1.54) is 16.0 Å². The number of benzene rings is 2. The zero-order chi connectivity index (χ0) is 37.1. The highest BCUT2D eigenvalue weighted by molar-refractivity contribution is 5.96. The van der Waals surface area contributed by atoms with E-state index in [0.717, 1.165) is 17.2 Å². The van der Waals surface area contributed by atoms with Gasteiger partial charge in [-0.05, 0) is 41.2 Å². The van der Waals surface area contributed by atoms with Crippen molar-refractivity contribution in [1.82, 2.24) is 15.3 Å². The highest BCUT2D eigenvalue weighted by Crippen LogP contribution is 2.59. The first-order chi connectivity index (χ1) is 25.4. The number of fused-ring (bicyclic) bond motifs is 5. The Kier molecular flexibility index (Phi) is 9.08. The minimum atomic E-state index is -4.66. The van der Waals surface area contributed by atoms with Crippen LogP contribution in [0, 0.1) is 5.41 Å². The van der Waals surface area contributed by atoms with Crippen LogP contribution in [-0.2, 0) is 62.3 Å². The molecule has 0 aromatic heterocycles. The van der Waals surface area contributed by atoms with Gasteiger partial charge < -0.3 is 34.3 Å². The van der Waals surface area contributed by atoms with E-state index in [4.69, 9.17) is 19.0 Å². The van der Waals surface area contributed by atoms with Crippen LogP contribution in [-0.4, -0.2) is 114 Å². The highest BCUT2D eigenvalue weighted by Gasteiger charge is 2.77. The number of aliphatic hydroxyl groups excluding tert-OH is 1. The third kappa shape index (κ3) is 6.39. The first-order valence-electron chi connectivity index (χ1n) is 17.7. The van der Waals surface area contributed by atoms with Crippen molar-refractivity contribution in [3.05, 3.63) is 76.9 Å². The van der Waals surface area contributed by atoms with Crippen molar-refractivity contribution in [3.63, 3.8) is 0 Å². The maximum atomic E-state index is 15.1. The van der Waals surface area contributed by atoms with Gasteiger partial charge >= 0.3 is 18.1 Å². The molecule has 2 amide bonds. The largest absolute Gasteiger partial charge is 0.458 e. The van der Waals surface area contributed by atoms with E-state index in [-0.39, 0.29) is 32.7 Å². The fourth-order valence-corrected chi connectivity index (χ4v) is 8.93. The lowest BCUT2D eigenvalue weighted by molar-refractivity contribution is -0.218. The molecule has 8 rings (SSSR count). The van der Waals surface area contributed by atoms with Crippen LogP contribution in [0.1, 0.15) is 41.5 Å². The summed E-state index contributed by atoms with van der Waals surface area (Å²) in [6, 6.07) is 12.6. The molecule has 4 heterocycles. The van der Waals surface area contributed by atoms with Crippen molar-refractivity contribution in [2.75, 3.05) is 26.3 Å². The molecule has 1 saturated carbocycles. The number of likely N-dealkylation sites (tertiary alicyclic amines) is 1. The summed E-state index contributed by atoms with van der Waals surface area (Å²) in [5.41, 5.74) is 1.68. The number of carbonyl (C=O) groups excluding carboxylic acids is 4. The van der Waals surface area contributed by atoms with Crippen LogP contribution in [0.2, 0.25) is 0 Å². The molecule has 4 aliphatic heterocycles. The molecule has 4 saturated heterocycles. The van der Waals surface area contributed by atoms with E-state index < -0.39 is 84.2 Å². The summed E-state index contributed by atoms with van der Waals surface area (Å²) in [4.78, 5) is 62.5. The summed E-state index contributed by atoms with van der Waals surface area (Å²) < 4.78 is 61.2. The van der Waals surface area contributed by atoms with Gasteiger partial charge in [0.1, 0.15) is 35.9 Å². The molecular weight excluding hydrogens is 703 g/mol.